The zero-order valence-electron chi connectivity index (χ0n) is 8.22. The molecule has 13 heavy (non-hydrogen) atoms. The Morgan fingerprint density at radius 2 is 2.00 bits per heavy atom. The van der Waals surface area contributed by atoms with E-state index in [4.69, 9.17) is 0 Å². The van der Waals surface area contributed by atoms with Crippen molar-refractivity contribution in [2.75, 3.05) is 4.66 Å². The molecule has 1 N–H and O–H groups in total. The van der Waals surface area contributed by atoms with Gasteiger partial charge in [-0.1, -0.05) is 42.1 Å². The molecule has 3 nitrogen and oxygen atoms in total. The van der Waals surface area contributed by atoms with Gasteiger partial charge in [-0.05, 0) is 13.3 Å². The van der Waals surface area contributed by atoms with Crippen LogP contribution in [0.3, 0.4) is 0 Å². The smallest absolute Gasteiger partial charge is 0.212 e. The lowest BCUT2D eigenvalue weighted by molar-refractivity contribution is 0.530. The molecule has 0 aliphatic carbocycles. The lowest BCUT2D eigenvalue weighted by atomic mass is 10.1. The highest BCUT2D eigenvalue weighted by Gasteiger charge is 2.11. The summed E-state index contributed by atoms with van der Waals surface area (Å²) in [6.07, 6.45) is 4.33. The lowest BCUT2D eigenvalue weighted by Crippen LogP contribution is -2.32. The van der Waals surface area contributed by atoms with E-state index < -0.39 is 10.0 Å². The normalized spacial score (nSPS) is 14.4. The van der Waals surface area contributed by atoms with Crippen LogP contribution in [0.1, 0.15) is 39.5 Å². The maximum Gasteiger partial charge on any atom is 0.221 e. The van der Waals surface area contributed by atoms with Crippen molar-refractivity contribution in [1.82, 2.24) is 4.72 Å². The molecule has 0 amide bonds. The molecule has 1 unspecified atom stereocenters. The fraction of sp³-hybridized carbons (Fsp3) is 1.00. The van der Waals surface area contributed by atoms with E-state index in [2.05, 4.69) is 27.6 Å². The molecule has 80 valence electrons. The molecule has 0 radical (unpaired) electrons. The molecule has 0 aromatic heterocycles. The Labute approximate surface area is 89.5 Å². The Hall–Kier alpha value is 0.390. The van der Waals surface area contributed by atoms with Crippen molar-refractivity contribution in [2.24, 2.45) is 0 Å². The molecule has 0 bridgehead atoms. The van der Waals surface area contributed by atoms with E-state index in [1.807, 2.05) is 6.92 Å². The minimum atomic E-state index is -3.09. The summed E-state index contributed by atoms with van der Waals surface area (Å²) in [7, 11) is -3.09. The van der Waals surface area contributed by atoms with Crippen molar-refractivity contribution in [1.29, 1.82) is 0 Å². The van der Waals surface area contributed by atoms with Crippen LogP contribution in [0, 0.1) is 0 Å². The van der Waals surface area contributed by atoms with E-state index in [0.717, 1.165) is 19.3 Å². The van der Waals surface area contributed by atoms with Crippen LogP contribution >= 0.6 is 15.9 Å². The van der Waals surface area contributed by atoms with Crippen LogP contribution in [0.4, 0.5) is 0 Å². The summed E-state index contributed by atoms with van der Waals surface area (Å²) in [5.41, 5.74) is 0. The Morgan fingerprint density at radius 1 is 1.38 bits per heavy atom. The third kappa shape index (κ3) is 7.46. The van der Waals surface area contributed by atoms with Gasteiger partial charge in [0.25, 0.3) is 0 Å². The second kappa shape index (κ2) is 6.79. The number of hydrogen-bond acceptors (Lipinski definition) is 2. The Balaban J connectivity index is 3.68. The number of sulfonamides is 1. The van der Waals surface area contributed by atoms with Crippen molar-refractivity contribution in [2.45, 2.75) is 45.6 Å². The van der Waals surface area contributed by atoms with Gasteiger partial charge in [-0.2, -0.15) is 0 Å². The van der Waals surface area contributed by atoms with Crippen LogP contribution in [0.5, 0.6) is 0 Å². The molecule has 0 fully saturated rings. The molecule has 0 saturated carbocycles. The molecule has 0 spiro atoms. The van der Waals surface area contributed by atoms with Crippen molar-refractivity contribution >= 4 is 26.0 Å². The van der Waals surface area contributed by atoms with Crippen molar-refractivity contribution in [3.05, 3.63) is 0 Å². The van der Waals surface area contributed by atoms with Gasteiger partial charge >= 0.3 is 0 Å². The first-order valence-electron chi connectivity index (χ1n) is 4.57. The van der Waals surface area contributed by atoms with Gasteiger partial charge in [0.2, 0.25) is 10.0 Å². The van der Waals surface area contributed by atoms with Gasteiger partial charge < -0.3 is 0 Å². The number of unbranched alkanes of at least 4 members (excludes halogenated alkanes) is 2. The second-order valence-electron chi connectivity index (χ2n) is 3.24. The van der Waals surface area contributed by atoms with E-state index in [1.54, 1.807) is 0 Å². The molecular formula is C8H18BrNO2S. The minimum absolute atomic E-state index is 0.0158. The molecular weight excluding hydrogens is 254 g/mol. The maximum absolute atomic E-state index is 11.1. The van der Waals surface area contributed by atoms with Crippen LogP contribution in [-0.4, -0.2) is 19.1 Å². The summed E-state index contributed by atoms with van der Waals surface area (Å²) in [6.45, 7) is 4.03. The third-order valence-electron chi connectivity index (χ3n) is 1.77. The average molecular weight is 272 g/mol. The first-order valence-corrected chi connectivity index (χ1v) is 7.35. The highest BCUT2D eigenvalue weighted by atomic mass is 79.9. The molecule has 0 aromatic carbocycles. The zero-order valence-corrected chi connectivity index (χ0v) is 10.6. The van der Waals surface area contributed by atoms with Crippen LogP contribution in [0.15, 0.2) is 0 Å². The van der Waals surface area contributed by atoms with Gasteiger partial charge in [0, 0.05) is 6.04 Å². The van der Waals surface area contributed by atoms with E-state index in [1.165, 1.54) is 6.42 Å². The Morgan fingerprint density at radius 3 is 2.46 bits per heavy atom. The van der Waals surface area contributed by atoms with Gasteiger partial charge in [-0.3, -0.25) is 0 Å². The quantitative estimate of drug-likeness (QED) is 0.570. The monoisotopic (exact) mass is 271 g/mol. The minimum Gasteiger partial charge on any atom is -0.212 e. The zero-order chi connectivity index (χ0) is 10.3. The predicted molar refractivity (Wildman–Crippen MR) is 59.5 cm³/mol. The van der Waals surface area contributed by atoms with E-state index >= 15 is 0 Å². The molecule has 1 atom stereocenters. The lowest BCUT2D eigenvalue weighted by Gasteiger charge is -2.12. The second-order valence-corrected chi connectivity index (χ2v) is 6.30. The summed E-state index contributed by atoms with van der Waals surface area (Å²) >= 11 is 2.93. The van der Waals surface area contributed by atoms with Crippen LogP contribution < -0.4 is 4.72 Å². The SMILES string of the molecule is CCCCCC(C)NS(=O)(=O)CBr. The summed E-state index contributed by atoms with van der Waals surface area (Å²) in [6, 6.07) is 0.0501. The fourth-order valence-electron chi connectivity index (χ4n) is 1.10. The Kier molecular flexibility index (Phi) is 6.99. The standard InChI is InChI=1S/C8H18BrNO2S/c1-3-4-5-6-8(2)10-13(11,12)7-9/h8,10H,3-7H2,1-2H3. The van der Waals surface area contributed by atoms with Crippen LogP contribution in [0.25, 0.3) is 0 Å². The first kappa shape index (κ1) is 13.4. The predicted octanol–water partition coefficient (Wildman–Crippen LogP) is 2.23. The number of alkyl halides is 1. The van der Waals surface area contributed by atoms with Crippen molar-refractivity contribution in [3.63, 3.8) is 0 Å². The van der Waals surface area contributed by atoms with Gasteiger partial charge in [0.05, 0.1) is 0 Å². The molecule has 0 heterocycles. The summed E-state index contributed by atoms with van der Waals surface area (Å²) in [5, 5.41) is 0. The Bertz CT molecular complexity index is 216. The average Bonchev–Trinajstić information content (AvgIpc) is 2.04. The highest BCUT2D eigenvalue weighted by Crippen LogP contribution is 2.04. The summed E-state index contributed by atoms with van der Waals surface area (Å²) in [4.78, 5) is 0. The molecule has 0 aromatic rings. The first-order chi connectivity index (χ1) is 6.02. The van der Waals surface area contributed by atoms with Crippen molar-refractivity contribution in [3.8, 4) is 0 Å². The fourth-order valence-corrected chi connectivity index (χ4v) is 2.29. The number of nitrogens with one attached hydrogen (secondary N) is 1. The third-order valence-corrected chi connectivity index (χ3v) is 4.62. The van der Waals surface area contributed by atoms with Crippen LogP contribution in [-0.2, 0) is 10.0 Å². The number of rotatable bonds is 7. The van der Waals surface area contributed by atoms with Gasteiger partial charge in [-0.25, -0.2) is 13.1 Å². The molecule has 0 rings (SSSR count). The molecule has 0 aliphatic rings. The van der Waals surface area contributed by atoms with Gasteiger partial charge in [0.1, 0.15) is 4.66 Å². The highest BCUT2D eigenvalue weighted by molar-refractivity contribution is 9.10. The van der Waals surface area contributed by atoms with E-state index in [9.17, 15) is 8.42 Å². The van der Waals surface area contributed by atoms with Gasteiger partial charge in [0.15, 0.2) is 0 Å². The van der Waals surface area contributed by atoms with E-state index in [-0.39, 0.29) is 10.7 Å². The van der Waals surface area contributed by atoms with E-state index in [0.29, 0.717) is 0 Å². The number of hydrogen-bond donors (Lipinski definition) is 1. The largest absolute Gasteiger partial charge is 0.221 e. The van der Waals surface area contributed by atoms with Gasteiger partial charge in [-0.15, -0.1) is 0 Å². The molecule has 0 saturated heterocycles. The molecule has 5 heteroatoms. The maximum atomic E-state index is 11.1. The summed E-state index contributed by atoms with van der Waals surface area (Å²) < 4.78 is 24.7. The summed E-state index contributed by atoms with van der Waals surface area (Å²) in [5.74, 6) is 0. The topological polar surface area (TPSA) is 46.2 Å². The van der Waals surface area contributed by atoms with Crippen molar-refractivity contribution < 1.29 is 8.42 Å². The van der Waals surface area contributed by atoms with Crippen LogP contribution in [0.2, 0.25) is 0 Å². The number of halogens is 1. The molecule has 0 aliphatic heterocycles.